The van der Waals surface area contributed by atoms with Crippen molar-refractivity contribution in [3.63, 3.8) is 0 Å². The fourth-order valence-corrected chi connectivity index (χ4v) is 2.41. The summed E-state index contributed by atoms with van der Waals surface area (Å²) in [6, 6.07) is 9.10. The number of hydrogen-bond donors (Lipinski definition) is 3. The Kier molecular flexibility index (Phi) is 5.58. The van der Waals surface area contributed by atoms with E-state index in [1.165, 1.54) is 6.20 Å². The quantitative estimate of drug-likeness (QED) is 0.281. The van der Waals surface area contributed by atoms with Crippen molar-refractivity contribution in [3.8, 4) is 11.8 Å². The number of fused-ring (bicyclic) bond motifs is 1. The second-order valence-electron chi connectivity index (χ2n) is 6.35. The highest BCUT2D eigenvalue weighted by molar-refractivity contribution is 5.97. The predicted octanol–water partition coefficient (Wildman–Crippen LogP) is 2.82. The maximum Gasteiger partial charge on any atom is 0.151 e. The maximum atomic E-state index is 7.38. The van der Waals surface area contributed by atoms with Gasteiger partial charge in [0.1, 0.15) is 22.9 Å². The number of rotatable bonds is 4. The fraction of sp³-hybridized carbons (Fsp3) is 0.150. The Labute approximate surface area is 162 Å². The molecule has 0 aliphatic carbocycles. The van der Waals surface area contributed by atoms with Gasteiger partial charge in [0.15, 0.2) is 5.82 Å². The molecule has 0 unspecified atom stereocenters. The lowest BCUT2D eigenvalue weighted by Gasteiger charge is -2.05. The summed E-state index contributed by atoms with van der Waals surface area (Å²) in [6.07, 6.45) is 3.19. The van der Waals surface area contributed by atoms with E-state index in [1.807, 2.05) is 37.2 Å². The molecule has 0 saturated carbocycles. The fourth-order valence-electron chi connectivity index (χ4n) is 2.41. The number of azo groups is 1. The highest BCUT2D eigenvalue weighted by Crippen LogP contribution is 2.32. The first kappa shape index (κ1) is 18.9. The molecular formula is C20H20N8. The third-order valence-electron chi connectivity index (χ3n) is 3.81. The molecule has 3 rings (SSSR count). The standard InChI is InChI=1S/C20H20N8/c1-28(2)9-3-4-13-5-6-14-11-25-20(23)18(16(14)10-13)27-26-15-7-8-17(19(21)22)24-12-15/h5-8,10-12H,9H2,1-2H3,(H3,21,22)(H2,23,25). The Hall–Kier alpha value is -3.83. The monoisotopic (exact) mass is 372 g/mol. The van der Waals surface area contributed by atoms with Crippen LogP contribution in [0.5, 0.6) is 0 Å². The number of anilines is 1. The largest absolute Gasteiger partial charge is 0.382 e. The van der Waals surface area contributed by atoms with E-state index in [-0.39, 0.29) is 11.7 Å². The number of nitrogens with two attached hydrogens (primary N) is 2. The first-order valence-corrected chi connectivity index (χ1v) is 8.48. The van der Waals surface area contributed by atoms with E-state index in [9.17, 15) is 0 Å². The van der Waals surface area contributed by atoms with Crippen molar-refractivity contribution in [2.75, 3.05) is 26.4 Å². The van der Waals surface area contributed by atoms with Crippen LogP contribution in [-0.4, -0.2) is 41.3 Å². The smallest absolute Gasteiger partial charge is 0.151 e. The van der Waals surface area contributed by atoms with Crippen molar-refractivity contribution in [3.05, 3.63) is 54.0 Å². The first-order valence-electron chi connectivity index (χ1n) is 8.48. The molecule has 3 aromatic rings. The number of nitrogen functional groups attached to an aromatic ring is 2. The average molecular weight is 372 g/mol. The van der Waals surface area contributed by atoms with Gasteiger partial charge in [-0.15, -0.1) is 10.2 Å². The van der Waals surface area contributed by atoms with Gasteiger partial charge in [0.2, 0.25) is 0 Å². The molecule has 8 heteroatoms. The summed E-state index contributed by atoms with van der Waals surface area (Å²) in [6.45, 7) is 0.673. The van der Waals surface area contributed by atoms with Gasteiger partial charge in [0, 0.05) is 22.5 Å². The van der Waals surface area contributed by atoms with Crippen LogP contribution in [0, 0.1) is 17.3 Å². The molecule has 1 aromatic carbocycles. The van der Waals surface area contributed by atoms with Crippen molar-refractivity contribution in [1.29, 1.82) is 5.41 Å². The van der Waals surface area contributed by atoms with E-state index < -0.39 is 0 Å². The lowest BCUT2D eigenvalue weighted by atomic mass is 10.1. The van der Waals surface area contributed by atoms with Crippen LogP contribution in [0.4, 0.5) is 17.2 Å². The number of benzene rings is 1. The van der Waals surface area contributed by atoms with Crippen LogP contribution in [0.1, 0.15) is 11.3 Å². The molecule has 2 aromatic heterocycles. The number of nitrogens with one attached hydrogen (secondary N) is 1. The van der Waals surface area contributed by atoms with Crippen LogP contribution >= 0.6 is 0 Å². The van der Waals surface area contributed by atoms with Gasteiger partial charge in [-0.1, -0.05) is 17.9 Å². The maximum absolute atomic E-state index is 7.38. The zero-order valence-electron chi connectivity index (χ0n) is 15.6. The Morgan fingerprint density at radius 2 is 1.96 bits per heavy atom. The molecule has 0 aliphatic heterocycles. The minimum absolute atomic E-state index is 0.103. The Bertz CT molecular complexity index is 1100. The molecule has 2 heterocycles. The van der Waals surface area contributed by atoms with Crippen molar-refractivity contribution in [1.82, 2.24) is 14.9 Å². The Balaban J connectivity index is 1.97. The van der Waals surface area contributed by atoms with Gasteiger partial charge >= 0.3 is 0 Å². The molecule has 0 fully saturated rings. The zero-order valence-corrected chi connectivity index (χ0v) is 15.6. The molecule has 0 amide bonds. The van der Waals surface area contributed by atoms with Gasteiger partial charge < -0.3 is 11.5 Å². The van der Waals surface area contributed by atoms with Crippen LogP contribution in [0.2, 0.25) is 0 Å². The van der Waals surface area contributed by atoms with E-state index in [4.69, 9.17) is 16.9 Å². The van der Waals surface area contributed by atoms with Gasteiger partial charge in [-0.25, -0.2) is 4.98 Å². The molecule has 5 N–H and O–H groups in total. The van der Waals surface area contributed by atoms with E-state index in [0.29, 0.717) is 23.6 Å². The van der Waals surface area contributed by atoms with Crippen LogP contribution in [0.25, 0.3) is 10.8 Å². The van der Waals surface area contributed by atoms with Crippen LogP contribution in [0.15, 0.2) is 53.0 Å². The number of pyridine rings is 2. The second-order valence-corrected chi connectivity index (χ2v) is 6.35. The van der Waals surface area contributed by atoms with Crippen LogP contribution in [-0.2, 0) is 0 Å². The lowest BCUT2D eigenvalue weighted by Crippen LogP contribution is -2.12. The molecule has 0 bridgehead atoms. The highest BCUT2D eigenvalue weighted by atomic mass is 15.1. The topological polar surface area (TPSA) is 130 Å². The molecule has 0 spiro atoms. The van der Waals surface area contributed by atoms with Crippen molar-refractivity contribution >= 4 is 33.8 Å². The minimum Gasteiger partial charge on any atom is -0.382 e. The van der Waals surface area contributed by atoms with Crippen LogP contribution in [0.3, 0.4) is 0 Å². The molecule has 0 aliphatic rings. The third kappa shape index (κ3) is 4.47. The van der Waals surface area contributed by atoms with Crippen molar-refractivity contribution in [2.45, 2.75) is 0 Å². The molecule has 0 radical (unpaired) electrons. The minimum atomic E-state index is -0.103. The summed E-state index contributed by atoms with van der Waals surface area (Å²) >= 11 is 0. The van der Waals surface area contributed by atoms with Crippen molar-refractivity contribution < 1.29 is 0 Å². The van der Waals surface area contributed by atoms with Crippen molar-refractivity contribution in [2.24, 2.45) is 16.0 Å². The van der Waals surface area contributed by atoms with Gasteiger partial charge in [0.05, 0.1) is 12.7 Å². The summed E-state index contributed by atoms with van der Waals surface area (Å²) in [5.41, 5.74) is 13.7. The van der Waals surface area contributed by atoms with Gasteiger partial charge in [-0.05, 0) is 38.4 Å². The average Bonchev–Trinajstić information content (AvgIpc) is 2.67. The predicted molar refractivity (Wildman–Crippen MR) is 111 cm³/mol. The molecule has 140 valence electrons. The number of hydrogen-bond acceptors (Lipinski definition) is 7. The van der Waals surface area contributed by atoms with Gasteiger partial charge in [-0.3, -0.25) is 15.3 Å². The van der Waals surface area contributed by atoms with Gasteiger partial charge in [-0.2, -0.15) is 0 Å². The first-order chi connectivity index (χ1) is 13.4. The van der Waals surface area contributed by atoms with E-state index in [0.717, 1.165) is 16.3 Å². The summed E-state index contributed by atoms with van der Waals surface area (Å²) < 4.78 is 0. The Morgan fingerprint density at radius 1 is 1.14 bits per heavy atom. The number of aromatic nitrogens is 2. The summed E-state index contributed by atoms with van der Waals surface area (Å²) in [5.74, 6) is 6.43. The summed E-state index contributed by atoms with van der Waals surface area (Å²) in [7, 11) is 3.94. The Morgan fingerprint density at radius 3 is 2.64 bits per heavy atom. The number of nitrogens with zero attached hydrogens (tertiary/aromatic N) is 5. The zero-order chi connectivity index (χ0) is 20.1. The van der Waals surface area contributed by atoms with E-state index in [1.54, 1.807) is 18.3 Å². The molecule has 0 saturated heterocycles. The number of amidine groups is 1. The normalized spacial score (nSPS) is 11.0. The molecular weight excluding hydrogens is 352 g/mol. The van der Waals surface area contributed by atoms with E-state index >= 15 is 0 Å². The second kappa shape index (κ2) is 8.24. The SMILES string of the molecule is CN(C)CC#Cc1ccc2cnc(N)c(N=Nc3ccc(C(=N)N)nc3)c2c1. The molecule has 8 nitrogen and oxygen atoms in total. The van der Waals surface area contributed by atoms with E-state index in [2.05, 4.69) is 32.0 Å². The van der Waals surface area contributed by atoms with Gasteiger partial charge in [0.25, 0.3) is 0 Å². The summed E-state index contributed by atoms with van der Waals surface area (Å²) in [4.78, 5) is 10.3. The summed E-state index contributed by atoms with van der Waals surface area (Å²) in [5, 5.41) is 17.6. The highest BCUT2D eigenvalue weighted by Gasteiger charge is 2.07. The van der Waals surface area contributed by atoms with Crippen LogP contribution < -0.4 is 11.5 Å². The lowest BCUT2D eigenvalue weighted by molar-refractivity contribution is 0.464. The molecule has 28 heavy (non-hydrogen) atoms. The molecule has 0 atom stereocenters. The third-order valence-corrected chi connectivity index (χ3v) is 3.81.